The maximum atomic E-state index is 13.4. The molecule has 18 heavy (non-hydrogen) atoms. The van der Waals surface area contributed by atoms with Crippen molar-refractivity contribution >= 4 is 40.2 Å². The fourth-order valence-electron chi connectivity index (χ4n) is 1.00. The molecule has 0 atom stereocenters. The molecule has 0 bridgehead atoms. The highest BCUT2D eigenvalue weighted by atomic mass is 127. The van der Waals surface area contributed by atoms with Gasteiger partial charge in [-0.05, 0) is 34.7 Å². The lowest BCUT2D eigenvalue weighted by atomic mass is 10.2. The van der Waals surface area contributed by atoms with Crippen LogP contribution >= 0.6 is 22.6 Å². The summed E-state index contributed by atoms with van der Waals surface area (Å²) in [5, 5.41) is 9.94. The second-order valence-corrected chi connectivity index (χ2v) is 4.23. The van der Waals surface area contributed by atoms with Crippen LogP contribution in [0.3, 0.4) is 0 Å². The number of rotatable bonds is 2. The summed E-state index contributed by atoms with van der Waals surface area (Å²) in [6, 6.07) is 1.47. The van der Waals surface area contributed by atoms with Gasteiger partial charge in [0.05, 0.1) is 11.3 Å². The molecule has 1 aromatic rings. The molecular weight excluding hydrogens is 373 g/mol. The molecule has 1 amide bonds. The van der Waals surface area contributed by atoms with Crippen LogP contribution in [0.25, 0.3) is 0 Å². The molecule has 9 heteroatoms. The first-order valence-corrected chi connectivity index (χ1v) is 5.31. The number of carbonyl (C=O) groups is 2. The first kappa shape index (κ1) is 14.7. The van der Waals surface area contributed by atoms with Gasteiger partial charge in [-0.1, -0.05) is 0 Å². The minimum absolute atomic E-state index is 0.150. The van der Waals surface area contributed by atoms with E-state index in [2.05, 4.69) is 0 Å². The van der Waals surface area contributed by atoms with E-state index in [1.165, 1.54) is 27.9 Å². The zero-order valence-corrected chi connectivity index (χ0v) is 10.5. The number of aromatic carboxylic acids is 1. The van der Waals surface area contributed by atoms with Gasteiger partial charge in [-0.3, -0.25) is 4.79 Å². The number of alkyl halides is 3. The standard InChI is InChI=1S/C9H4F4INO3/c10-4-1-3(7(16)17)2-5(14)6(4)15-8(18)9(11,12)13/h1-2H,(H,15,18)(H,16,17). The Morgan fingerprint density at radius 1 is 1.28 bits per heavy atom. The van der Waals surface area contributed by atoms with Crippen LogP contribution in [0.1, 0.15) is 10.4 Å². The van der Waals surface area contributed by atoms with Crippen LogP contribution in [-0.2, 0) is 4.79 Å². The Kier molecular flexibility index (Phi) is 4.14. The fourth-order valence-corrected chi connectivity index (χ4v) is 1.73. The van der Waals surface area contributed by atoms with E-state index in [0.29, 0.717) is 6.07 Å². The number of anilines is 1. The number of halogens is 5. The van der Waals surface area contributed by atoms with Crippen LogP contribution in [0.15, 0.2) is 12.1 Å². The first-order chi connectivity index (χ1) is 8.12. The number of benzene rings is 1. The zero-order valence-electron chi connectivity index (χ0n) is 8.31. The molecule has 0 aromatic heterocycles. The lowest BCUT2D eigenvalue weighted by Gasteiger charge is -2.11. The smallest absolute Gasteiger partial charge is 0.471 e. The molecule has 1 aromatic carbocycles. The summed E-state index contributed by atoms with van der Waals surface area (Å²) in [5.41, 5.74) is -1.13. The van der Waals surface area contributed by atoms with Crippen molar-refractivity contribution < 1.29 is 32.3 Å². The average molecular weight is 377 g/mol. The normalized spacial score (nSPS) is 11.2. The Bertz CT molecular complexity index is 492. The molecule has 0 spiro atoms. The minimum Gasteiger partial charge on any atom is -0.478 e. The third-order valence-corrected chi connectivity index (χ3v) is 2.64. The predicted molar refractivity (Wildman–Crippen MR) is 60.8 cm³/mol. The Labute approximate surface area is 111 Å². The van der Waals surface area contributed by atoms with Crippen molar-refractivity contribution in [1.29, 1.82) is 0 Å². The van der Waals surface area contributed by atoms with E-state index >= 15 is 0 Å². The number of nitrogens with one attached hydrogen (secondary N) is 1. The second kappa shape index (κ2) is 5.08. The predicted octanol–water partition coefficient (Wildman–Crippen LogP) is 2.63. The molecular formula is C9H4F4INO3. The molecule has 0 aliphatic carbocycles. The quantitative estimate of drug-likeness (QED) is 0.615. The number of carbonyl (C=O) groups excluding carboxylic acids is 1. The van der Waals surface area contributed by atoms with Gasteiger partial charge in [0.2, 0.25) is 0 Å². The SMILES string of the molecule is O=C(O)c1cc(F)c(NC(=O)C(F)(F)F)c(I)c1. The molecule has 4 nitrogen and oxygen atoms in total. The minimum atomic E-state index is -5.15. The van der Waals surface area contributed by atoms with Crippen LogP contribution in [0, 0.1) is 9.39 Å². The molecule has 0 fully saturated rings. The van der Waals surface area contributed by atoms with Crippen molar-refractivity contribution in [2.24, 2.45) is 0 Å². The highest BCUT2D eigenvalue weighted by Gasteiger charge is 2.39. The van der Waals surface area contributed by atoms with E-state index in [-0.39, 0.29) is 3.57 Å². The summed E-state index contributed by atoms with van der Waals surface area (Å²) in [7, 11) is 0. The molecule has 0 aliphatic rings. The van der Waals surface area contributed by atoms with Gasteiger partial charge < -0.3 is 10.4 Å². The van der Waals surface area contributed by atoms with E-state index < -0.39 is 35.1 Å². The van der Waals surface area contributed by atoms with E-state index in [9.17, 15) is 27.2 Å². The monoisotopic (exact) mass is 377 g/mol. The largest absolute Gasteiger partial charge is 0.478 e. The van der Waals surface area contributed by atoms with Crippen LogP contribution in [0.2, 0.25) is 0 Å². The fraction of sp³-hybridized carbons (Fsp3) is 0.111. The highest BCUT2D eigenvalue weighted by Crippen LogP contribution is 2.26. The lowest BCUT2D eigenvalue weighted by Crippen LogP contribution is -2.30. The Morgan fingerprint density at radius 3 is 2.22 bits per heavy atom. The maximum absolute atomic E-state index is 13.4. The topological polar surface area (TPSA) is 66.4 Å². The van der Waals surface area contributed by atoms with Gasteiger partial charge in [0.25, 0.3) is 0 Å². The van der Waals surface area contributed by atoms with Crippen LogP contribution in [0.5, 0.6) is 0 Å². The molecule has 0 unspecified atom stereocenters. The Balaban J connectivity index is 3.12. The number of hydrogen-bond donors (Lipinski definition) is 2. The summed E-state index contributed by atoms with van der Waals surface area (Å²) in [6.07, 6.45) is -5.15. The second-order valence-electron chi connectivity index (χ2n) is 3.07. The molecule has 0 heterocycles. The van der Waals surface area contributed by atoms with E-state index in [0.717, 1.165) is 6.07 Å². The van der Waals surface area contributed by atoms with Gasteiger partial charge in [0.15, 0.2) is 0 Å². The molecule has 0 saturated carbocycles. The zero-order chi connectivity index (χ0) is 14.1. The Morgan fingerprint density at radius 2 is 1.83 bits per heavy atom. The van der Waals surface area contributed by atoms with E-state index in [1.54, 1.807) is 0 Å². The average Bonchev–Trinajstić information content (AvgIpc) is 2.21. The first-order valence-electron chi connectivity index (χ1n) is 4.23. The van der Waals surface area contributed by atoms with Crippen molar-refractivity contribution in [2.45, 2.75) is 6.18 Å². The van der Waals surface area contributed by atoms with Crippen molar-refractivity contribution in [3.63, 3.8) is 0 Å². The van der Waals surface area contributed by atoms with E-state index in [1.807, 2.05) is 0 Å². The number of carboxylic acids is 1. The Hall–Kier alpha value is -1.39. The molecule has 0 radical (unpaired) electrons. The van der Waals surface area contributed by atoms with Gasteiger partial charge in [-0.15, -0.1) is 0 Å². The molecule has 0 saturated heterocycles. The van der Waals surface area contributed by atoms with Crippen molar-refractivity contribution in [1.82, 2.24) is 0 Å². The van der Waals surface area contributed by atoms with Crippen LogP contribution in [0.4, 0.5) is 23.2 Å². The molecule has 98 valence electrons. The van der Waals surface area contributed by atoms with Gasteiger partial charge in [-0.25, -0.2) is 9.18 Å². The van der Waals surface area contributed by atoms with Gasteiger partial charge in [0, 0.05) is 3.57 Å². The maximum Gasteiger partial charge on any atom is 0.471 e. The van der Waals surface area contributed by atoms with Crippen molar-refractivity contribution in [3.05, 3.63) is 27.1 Å². The summed E-state index contributed by atoms with van der Waals surface area (Å²) < 4.78 is 49.1. The summed E-state index contributed by atoms with van der Waals surface area (Å²) in [5.74, 6) is -5.01. The van der Waals surface area contributed by atoms with Gasteiger partial charge in [-0.2, -0.15) is 13.2 Å². The molecule has 1 rings (SSSR count). The summed E-state index contributed by atoms with van der Waals surface area (Å²) >= 11 is 1.42. The third kappa shape index (κ3) is 3.31. The molecule has 2 N–H and O–H groups in total. The summed E-state index contributed by atoms with van der Waals surface area (Å²) in [4.78, 5) is 21.2. The number of hydrogen-bond acceptors (Lipinski definition) is 2. The van der Waals surface area contributed by atoms with Crippen molar-refractivity contribution in [3.8, 4) is 0 Å². The number of carboxylic acid groups (broad SMARTS) is 1. The third-order valence-electron chi connectivity index (χ3n) is 1.79. The van der Waals surface area contributed by atoms with E-state index in [4.69, 9.17) is 5.11 Å². The highest BCUT2D eigenvalue weighted by molar-refractivity contribution is 14.1. The lowest BCUT2D eigenvalue weighted by molar-refractivity contribution is -0.167. The van der Waals surface area contributed by atoms with Gasteiger partial charge in [0.1, 0.15) is 5.82 Å². The van der Waals surface area contributed by atoms with Crippen LogP contribution in [-0.4, -0.2) is 23.2 Å². The van der Waals surface area contributed by atoms with Gasteiger partial charge >= 0.3 is 18.1 Å². The van der Waals surface area contributed by atoms with Crippen molar-refractivity contribution in [2.75, 3.05) is 5.32 Å². The number of amides is 1. The van der Waals surface area contributed by atoms with Crippen LogP contribution < -0.4 is 5.32 Å². The molecule has 0 aliphatic heterocycles. The summed E-state index contributed by atoms with van der Waals surface area (Å²) in [6.45, 7) is 0.